The molecule has 0 spiro atoms. The lowest BCUT2D eigenvalue weighted by molar-refractivity contribution is 0.0928. The van der Waals surface area contributed by atoms with Crippen LogP contribution in [-0.2, 0) is 6.42 Å². The van der Waals surface area contributed by atoms with E-state index in [1.165, 1.54) is 31.2 Å². The first kappa shape index (κ1) is 18.4. The van der Waals surface area contributed by atoms with Crippen LogP contribution in [0.3, 0.4) is 0 Å². The van der Waals surface area contributed by atoms with Gasteiger partial charge in [-0.05, 0) is 43.9 Å². The van der Waals surface area contributed by atoms with Crippen molar-refractivity contribution in [2.75, 3.05) is 5.32 Å². The van der Waals surface area contributed by atoms with Gasteiger partial charge in [-0.15, -0.1) is 0 Å². The highest BCUT2D eigenvalue weighted by molar-refractivity contribution is 5.93. The minimum atomic E-state index is -0.105. The highest BCUT2D eigenvalue weighted by atomic mass is 16.1. The van der Waals surface area contributed by atoms with Crippen LogP contribution < -0.4 is 10.6 Å². The van der Waals surface area contributed by atoms with Crippen LogP contribution in [0.25, 0.3) is 0 Å². The minimum absolute atomic E-state index is 0.105. The summed E-state index contributed by atoms with van der Waals surface area (Å²) in [7, 11) is 0. The standard InChI is InChI=1S/C21H28N4O/c1-3-16-10-12-18(13-11-16)24-20-14-19(22-15(2)23-20)21(26)25-17-8-6-4-5-7-9-17/h10-14,17H,3-9H2,1-2H3,(H,25,26)(H,22,23,24). The summed E-state index contributed by atoms with van der Waals surface area (Å²) >= 11 is 0. The zero-order chi connectivity index (χ0) is 18.4. The topological polar surface area (TPSA) is 66.9 Å². The van der Waals surface area contributed by atoms with Gasteiger partial charge in [0, 0.05) is 17.8 Å². The molecule has 26 heavy (non-hydrogen) atoms. The van der Waals surface area contributed by atoms with Crippen LogP contribution in [0.4, 0.5) is 11.5 Å². The van der Waals surface area contributed by atoms with Gasteiger partial charge in [0.1, 0.15) is 17.3 Å². The fraction of sp³-hybridized carbons (Fsp3) is 0.476. The van der Waals surface area contributed by atoms with Crippen molar-refractivity contribution in [3.63, 3.8) is 0 Å². The number of aromatic nitrogens is 2. The summed E-state index contributed by atoms with van der Waals surface area (Å²) in [5.74, 6) is 1.13. The third-order valence-corrected chi connectivity index (χ3v) is 4.90. The Morgan fingerprint density at radius 2 is 1.77 bits per heavy atom. The van der Waals surface area contributed by atoms with E-state index in [0.29, 0.717) is 17.3 Å². The second kappa shape index (κ2) is 8.79. The van der Waals surface area contributed by atoms with Crippen LogP contribution in [0.1, 0.15) is 67.3 Å². The summed E-state index contributed by atoms with van der Waals surface area (Å²) in [5.41, 5.74) is 2.67. The molecule has 1 amide bonds. The summed E-state index contributed by atoms with van der Waals surface area (Å²) in [6, 6.07) is 10.2. The maximum atomic E-state index is 12.6. The molecule has 0 atom stereocenters. The smallest absolute Gasteiger partial charge is 0.270 e. The zero-order valence-corrected chi connectivity index (χ0v) is 15.7. The van der Waals surface area contributed by atoms with Gasteiger partial charge >= 0.3 is 0 Å². The maximum Gasteiger partial charge on any atom is 0.270 e. The minimum Gasteiger partial charge on any atom is -0.348 e. The Labute approximate surface area is 155 Å². The molecular weight excluding hydrogens is 324 g/mol. The molecule has 5 heteroatoms. The molecule has 0 saturated heterocycles. The van der Waals surface area contributed by atoms with Crippen molar-refractivity contribution >= 4 is 17.4 Å². The van der Waals surface area contributed by atoms with Gasteiger partial charge in [-0.2, -0.15) is 0 Å². The molecule has 1 fully saturated rings. The van der Waals surface area contributed by atoms with Crippen molar-refractivity contribution in [3.8, 4) is 0 Å². The molecular formula is C21H28N4O. The number of anilines is 2. The van der Waals surface area contributed by atoms with Gasteiger partial charge in [-0.3, -0.25) is 4.79 Å². The number of aryl methyl sites for hydroxylation is 2. The van der Waals surface area contributed by atoms with Crippen molar-refractivity contribution in [2.45, 2.75) is 64.8 Å². The van der Waals surface area contributed by atoms with Crippen LogP contribution in [0, 0.1) is 6.92 Å². The van der Waals surface area contributed by atoms with Crippen LogP contribution >= 0.6 is 0 Å². The number of carbonyl (C=O) groups excluding carboxylic acids is 1. The van der Waals surface area contributed by atoms with Gasteiger partial charge in [0.15, 0.2) is 0 Å². The Balaban J connectivity index is 1.70. The summed E-state index contributed by atoms with van der Waals surface area (Å²) in [6.45, 7) is 3.95. The molecule has 5 nitrogen and oxygen atoms in total. The van der Waals surface area contributed by atoms with Crippen LogP contribution in [0.5, 0.6) is 0 Å². The number of amides is 1. The van der Waals surface area contributed by atoms with Crippen molar-refractivity contribution in [1.29, 1.82) is 0 Å². The molecule has 1 aliphatic rings. The Hall–Kier alpha value is -2.43. The number of rotatable bonds is 5. The van der Waals surface area contributed by atoms with Crippen LogP contribution in [-0.4, -0.2) is 21.9 Å². The number of nitrogens with one attached hydrogen (secondary N) is 2. The van der Waals surface area contributed by atoms with E-state index in [0.717, 1.165) is 24.9 Å². The predicted octanol–water partition coefficient (Wildman–Crippen LogP) is 4.54. The van der Waals surface area contributed by atoms with E-state index in [-0.39, 0.29) is 11.9 Å². The zero-order valence-electron chi connectivity index (χ0n) is 15.7. The second-order valence-electron chi connectivity index (χ2n) is 7.02. The monoisotopic (exact) mass is 352 g/mol. The van der Waals surface area contributed by atoms with Crippen LogP contribution in [0.15, 0.2) is 30.3 Å². The number of nitrogens with zero attached hydrogens (tertiary/aromatic N) is 2. The largest absolute Gasteiger partial charge is 0.348 e. The molecule has 1 aromatic carbocycles. The van der Waals surface area contributed by atoms with Gasteiger partial charge in [0.05, 0.1) is 0 Å². The summed E-state index contributed by atoms with van der Waals surface area (Å²) < 4.78 is 0. The van der Waals surface area contributed by atoms with Gasteiger partial charge in [0.2, 0.25) is 0 Å². The highest BCUT2D eigenvalue weighted by Crippen LogP contribution is 2.19. The molecule has 2 N–H and O–H groups in total. The number of hydrogen-bond donors (Lipinski definition) is 2. The molecule has 0 bridgehead atoms. The normalized spacial score (nSPS) is 15.3. The molecule has 138 valence electrons. The van der Waals surface area contributed by atoms with Gasteiger partial charge in [-0.1, -0.05) is 44.7 Å². The fourth-order valence-corrected chi connectivity index (χ4v) is 3.40. The first-order valence-electron chi connectivity index (χ1n) is 9.66. The Bertz CT molecular complexity index is 734. The fourth-order valence-electron chi connectivity index (χ4n) is 3.40. The first-order valence-corrected chi connectivity index (χ1v) is 9.66. The lowest BCUT2D eigenvalue weighted by Crippen LogP contribution is -2.35. The van der Waals surface area contributed by atoms with E-state index in [1.54, 1.807) is 6.07 Å². The molecule has 0 unspecified atom stereocenters. The van der Waals surface area contributed by atoms with Crippen LogP contribution in [0.2, 0.25) is 0 Å². The molecule has 0 radical (unpaired) electrons. The Morgan fingerprint density at radius 3 is 2.42 bits per heavy atom. The molecule has 1 aliphatic carbocycles. The maximum absolute atomic E-state index is 12.6. The lowest BCUT2D eigenvalue weighted by Gasteiger charge is -2.16. The van der Waals surface area contributed by atoms with E-state index in [1.807, 2.05) is 19.1 Å². The summed E-state index contributed by atoms with van der Waals surface area (Å²) in [5, 5.41) is 6.43. The predicted molar refractivity (Wildman–Crippen MR) is 105 cm³/mol. The third kappa shape index (κ3) is 5.04. The number of carbonyl (C=O) groups is 1. The van der Waals surface area contributed by atoms with Gasteiger partial charge in [0.25, 0.3) is 5.91 Å². The van der Waals surface area contributed by atoms with E-state index in [4.69, 9.17) is 0 Å². The SMILES string of the molecule is CCc1ccc(Nc2cc(C(=O)NC3CCCCCC3)nc(C)n2)cc1. The molecule has 0 aliphatic heterocycles. The second-order valence-corrected chi connectivity index (χ2v) is 7.02. The van der Waals surface area contributed by atoms with E-state index < -0.39 is 0 Å². The molecule has 1 aromatic heterocycles. The average Bonchev–Trinajstić information content (AvgIpc) is 2.90. The summed E-state index contributed by atoms with van der Waals surface area (Å²) in [6.07, 6.45) is 8.05. The molecule has 1 saturated carbocycles. The highest BCUT2D eigenvalue weighted by Gasteiger charge is 2.17. The first-order chi connectivity index (χ1) is 12.6. The van der Waals surface area contributed by atoms with Crippen molar-refractivity contribution in [2.24, 2.45) is 0 Å². The van der Waals surface area contributed by atoms with Crippen molar-refractivity contribution in [3.05, 3.63) is 47.4 Å². The Kier molecular flexibility index (Phi) is 6.21. The number of hydrogen-bond acceptors (Lipinski definition) is 4. The molecule has 1 heterocycles. The van der Waals surface area contributed by atoms with Crippen molar-refractivity contribution in [1.82, 2.24) is 15.3 Å². The molecule has 3 rings (SSSR count). The third-order valence-electron chi connectivity index (χ3n) is 4.90. The number of benzene rings is 1. The quantitative estimate of drug-likeness (QED) is 0.775. The van der Waals surface area contributed by atoms with E-state index >= 15 is 0 Å². The Morgan fingerprint density at radius 1 is 1.08 bits per heavy atom. The summed E-state index contributed by atoms with van der Waals surface area (Å²) in [4.78, 5) is 21.4. The van der Waals surface area contributed by atoms with E-state index in [2.05, 4.69) is 39.7 Å². The molecule has 2 aromatic rings. The van der Waals surface area contributed by atoms with E-state index in [9.17, 15) is 4.79 Å². The lowest BCUT2D eigenvalue weighted by atomic mass is 10.1. The van der Waals surface area contributed by atoms with Gasteiger partial charge < -0.3 is 10.6 Å². The average molecular weight is 352 g/mol. The van der Waals surface area contributed by atoms with Crippen molar-refractivity contribution < 1.29 is 4.79 Å². The van der Waals surface area contributed by atoms with Gasteiger partial charge in [-0.25, -0.2) is 9.97 Å².